The number of carboxylic acids is 2. The summed E-state index contributed by atoms with van der Waals surface area (Å²) in [6, 6.07) is 4.80. The van der Waals surface area contributed by atoms with E-state index in [0.717, 1.165) is 6.42 Å². The van der Waals surface area contributed by atoms with Crippen molar-refractivity contribution in [3.8, 4) is 0 Å². The Morgan fingerprint density at radius 1 is 1.23 bits per heavy atom. The molecule has 1 heterocycles. The van der Waals surface area contributed by atoms with Crippen molar-refractivity contribution in [2.24, 2.45) is 0 Å². The molecule has 0 saturated carbocycles. The molecule has 1 aromatic rings. The molecule has 118 valence electrons. The molecule has 2 rings (SSSR count). The van der Waals surface area contributed by atoms with Gasteiger partial charge in [-0.2, -0.15) is 0 Å². The summed E-state index contributed by atoms with van der Waals surface area (Å²) in [6.07, 6.45) is 0.863. The first-order valence-electron chi connectivity index (χ1n) is 6.94. The maximum Gasteiger partial charge on any atom is 0.335 e. The highest BCUT2D eigenvalue weighted by molar-refractivity contribution is 5.88. The molecular formula is C15H17NO6. The number of aromatic carboxylic acids is 1. The maximum absolute atomic E-state index is 11.9. The molecule has 0 aromatic heterocycles. The Morgan fingerprint density at radius 2 is 1.91 bits per heavy atom. The first kappa shape index (κ1) is 16.0. The predicted molar refractivity (Wildman–Crippen MR) is 75.6 cm³/mol. The minimum absolute atomic E-state index is 0.0771. The van der Waals surface area contributed by atoms with E-state index in [4.69, 9.17) is 9.84 Å². The van der Waals surface area contributed by atoms with E-state index >= 15 is 0 Å². The number of carbonyl (C=O) groups excluding carboxylic acids is 1. The van der Waals surface area contributed by atoms with E-state index < -0.39 is 30.0 Å². The lowest BCUT2D eigenvalue weighted by Gasteiger charge is -2.17. The van der Waals surface area contributed by atoms with E-state index in [-0.39, 0.29) is 12.0 Å². The first-order chi connectivity index (χ1) is 10.5. The largest absolute Gasteiger partial charge is 0.480 e. The van der Waals surface area contributed by atoms with Crippen LogP contribution in [0.5, 0.6) is 0 Å². The van der Waals surface area contributed by atoms with E-state index in [1.807, 2.05) is 0 Å². The lowest BCUT2D eigenvalue weighted by Crippen LogP contribution is -2.46. The van der Waals surface area contributed by atoms with Crippen molar-refractivity contribution in [2.75, 3.05) is 6.61 Å². The highest BCUT2D eigenvalue weighted by Crippen LogP contribution is 2.13. The van der Waals surface area contributed by atoms with Crippen LogP contribution >= 0.6 is 0 Å². The SMILES string of the molecule is O=C(O)c1ccc(C[C@@H](NC(=O)[C@H]2CCCO2)C(=O)O)cc1. The quantitative estimate of drug-likeness (QED) is 0.712. The van der Waals surface area contributed by atoms with Gasteiger partial charge in [-0.05, 0) is 30.5 Å². The number of benzene rings is 1. The van der Waals surface area contributed by atoms with Crippen LogP contribution in [0.1, 0.15) is 28.8 Å². The number of aliphatic carboxylic acids is 1. The van der Waals surface area contributed by atoms with Crippen LogP contribution in [0.15, 0.2) is 24.3 Å². The smallest absolute Gasteiger partial charge is 0.335 e. The molecule has 0 bridgehead atoms. The van der Waals surface area contributed by atoms with E-state index in [1.165, 1.54) is 24.3 Å². The number of nitrogens with one attached hydrogen (secondary N) is 1. The Balaban J connectivity index is 2.00. The fourth-order valence-corrected chi connectivity index (χ4v) is 2.27. The second-order valence-corrected chi connectivity index (χ2v) is 5.11. The van der Waals surface area contributed by atoms with Crippen molar-refractivity contribution in [1.29, 1.82) is 0 Å². The highest BCUT2D eigenvalue weighted by atomic mass is 16.5. The van der Waals surface area contributed by atoms with Gasteiger partial charge >= 0.3 is 11.9 Å². The number of ether oxygens (including phenoxy) is 1. The zero-order chi connectivity index (χ0) is 16.1. The standard InChI is InChI=1S/C15H17NO6/c17-13(12-2-1-7-22-12)16-11(15(20)21)8-9-3-5-10(6-4-9)14(18)19/h3-6,11-12H,1-2,7-8H2,(H,16,17)(H,18,19)(H,20,21)/t11-,12-/m1/s1. The van der Waals surface area contributed by atoms with Crippen LogP contribution < -0.4 is 5.32 Å². The van der Waals surface area contributed by atoms with Crippen LogP contribution in [-0.4, -0.2) is 46.8 Å². The summed E-state index contributed by atoms with van der Waals surface area (Å²) in [4.78, 5) is 34.0. The van der Waals surface area contributed by atoms with Crippen LogP contribution in [-0.2, 0) is 20.7 Å². The van der Waals surface area contributed by atoms with Gasteiger partial charge in [0.05, 0.1) is 5.56 Å². The van der Waals surface area contributed by atoms with Crippen LogP contribution in [0, 0.1) is 0 Å². The van der Waals surface area contributed by atoms with Crippen LogP contribution in [0.25, 0.3) is 0 Å². The molecular weight excluding hydrogens is 290 g/mol. The molecule has 0 aliphatic carbocycles. The van der Waals surface area contributed by atoms with Gasteiger partial charge in [-0.1, -0.05) is 12.1 Å². The zero-order valence-electron chi connectivity index (χ0n) is 11.8. The maximum atomic E-state index is 11.9. The number of hydrogen-bond acceptors (Lipinski definition) is 4. The van der Waals surface area contributed by atoms with Gasteiger partial charge in [0, 0.05) is 13.0 Å². The molecule has 1 aliphatic heterocycles. The van der Waals surface area contributed by atoms with Crippen LogP contribution in [0.2, 0.25) is 0 Å². The third kappa shape index (κ3) is 4.05. The molecule has 1 saturated heterocycles. The second kappa shape index (κ2) is 7.04. The average molecular weight is 307 g/mol. The molecule has 3 N–H and O–H groups in total. The monoisotopic (exact) mass is 307 g/mol. The first-order valence-corrected chi connectivity index (χ1v) is 6.94. The molecule has 22 heavy (non-hydrogen) atoms. The molecule has 0 unspecified atom stereocenters. The van der Waals surface area contributed by atoms with Crippen LogP contribution in [0.3, 0.4) is 0 Å². The van der Waals surface area contributed by atoms with Crippen molar-refractivity contribution < 1.29 is 29.3 Å². The van der Waals surface area contributed by atoms with Gasteiger partial charge < -0.3 is 20.3 Å². The Kier molecular flexibility index (Phi) is 5.11. The molecule has 1 aromatic carbocycles. The van der Waals surface area contributed by atoms with Gasteiger partial charge in [-0.3, -0.25) is 4.79 Å². The van der Waals surface area contributed by atoms with E-state index in [9.17, 15) is 19.5 Å². The Hall–Kier alpha value is -2.41. The molecule has 0 radical (unpaired) electrons. The Morgan fingerprint density at radius 3 is 2.41 bits per heavy atom. The summed E-state index contributed by atoms with van der Waals surface area (Å²) in [7, 11) is 0. The summed E-state index contributed by atoms with van der Waals surface area (Å²) < 4.78 is 5.22. The number of carbonyl (C=O) groups is 3. The van der Waals surface area contributed by atoms with E-state index in [2.05, 4.69) is 5.32 Å². The average Bonchev–Trinajstić information content (AvgIpc) is 3.01. The summed E-state index contributed by atoms with van der Waals surface area (Å²) >= 11 is 0. The van der Waals surface area contributed by atoms with Crippen molar-refractivity contribution >= 4 is 17.8 Å². The minimum Gasteiger partial charge on any atom is -0.480 e. The van der Waals surface area contributed by atoms with Crippen molar-refractivity contribution in [2.45, 2.75) is 31.4 Å². The van der Waals surface area contributed by atoms with Crippen LogP contribution in [0.4, 0.5) is 0 Å². The number of hydrogen-bond donors (Lipinski definition) is 3. The molecule has 7 heteroatoms. The van der Waals surface area contributed by atoms with Crippen molar-refractivity contribution in [3.63, 3.8) is 0 Å². The Labute approximate surface area is 126 Å². The summed E-state index contributed by atoms with van der Waals surface area (Å²) in [6.45, 7) is 0.506. The van der Waals surface area contributed by atoms with Gasteiger partial charge in [0.1, 0.15) is 12.1 Å². The number of rotatable bonds is 6. The molecule has 7 nitrogen and oxygen atoms in total. The van der Waals surface area contributed by atoms with E-state index in [1.54, 1.807) is 0 Å². The summed E-state index contributed by atoms with van der Waals surface area (Å²) in [5.41, 5.74) is 0.754. The molecule has 1 amide bonds. The van der Waals surface area contributed by atoms with Crippen molar-refractivity contribution in [3.05, 3.63) is 35.4 Å². The normalized spacial score (nSPS) is 18.6. The summed E-state index contributed by atoms with van der Waals surface area (Å²) in [5, 5.41) is 20.5. The topological polar surface area (TPSA) is 113 Å². The lowest BCUT2D eigenvalue weighted by molar-refractivity contribution is -0.143. The second-order valence-electron chi connectivity index (χ2n) is 5.11. The highest BCUT2D eigenvalue weighted by Gasteiger charge is 2.28. The molecule has 1 aliphatic rings. The van der Waals surface area contributed by atoms with Gasteiger partial charge in [0.2, 0.25) is 5.91 Å². The fourth-order valence-electron chi connectivity index (χ4n) is 2.27. The number of amides is 1. The third-order valence-corrected chi connectivity index (χ3v) is 3.48. The Bertz CT molecular complexity index is 562. The fraction of sp³-hybridized carbons (Fsp3) is 0.400. The van der Waals surface area contributed by atoms with Gasteiger partial charge in [0.25, 0.3) is 0 Å². The van der Waals surface area contributed by atoms with Gasteiger partial charge in [-0.25, -0.2) is 9.59 Å². The summed E-state index contributed by atoms with van der Waals surface area (Å²) in [5.74, 6) is -2.62. The van der Waals surface area contributed by atoms with E-state index in [0.29, 0.717) is 18.6 Å². The molecule has 2 atom stereocenters. The predicted octanol–water partition coefficient (Wildman–Crippen LogP) is 0.676. The minimum atomic E-state index is -1.14. The molecule has 1 fully saturated rings. The van der Waals surface area contributed by atoms with Gasteiger partial charge in [-0.15, -0.1) is 0 Å². The van der Waals surface area contributed by atoms with Crippen molar-refractivity contribution in [1.82, 2.24) is 5.32 Å². The molecule has 0 spiro atoms. The van der Waals surface area contributed by atoms with Gasteiger partial charge in [0.15, 0.2) is 0 Å². The zero-order valence-corrected chi connectivity index (χ0v) is 11.8. The number of carboxylic acid groups (broad SMARTS) is 2. The lowest BCUT2D eigenvalue weighted by atomic mass is 10.0. The third-order valence-electron chi connectivity index (χ3n) is 3.48.